The van der Waals surface area contributed by atoms with Gasteiger partial charge in [0, 0.05) is 35.1 Å². The number of nitrogens with zero attached hydrogens (tertiary/aromatic N) is 1. The number of benzene rings is 2. The molecule has 2 aliphatic rings. The molecule has 1 atom stereocenters. The molecule has 0 aliphatic heterocycles. The van der Waals surface area contributed by atoms with Crippen molar-refractivity contribution in [1.82, 2.24) is 10.3 Å². The van der Waals surface area contributed by atoms with E-state index >= 15 is 0 Å². The molecule has 2 fully saturated rings. The Bertz CT molecular complexity index is 1140. The maximum Gasteiger partial charge on any atom is 0.127 e. The Morgan fingerprint density at radius 2 is 1.94 bits per heavy atom. The fourth-order valence-electron chi connectivity index (χ4n) is 4.81. The summed E-state index contributed by atoms with van der Waals surface area (Å²) in [5.74, 6) is 1.53. The smallest absolute Gasteiger partial charge is 0.127 e. The van der Waals surface area contributed by atoms with Gasteiger partial charge in [-0.1, -0.05) is 68.6 Å². The van der Waals surface area contributed by atoms with Crippen molar-refractivity contribution in [2.75, 3.05) is 0 Å². The van der Waals surface area contributed by atoms with Gasteiger partial charge in [-0.05, 0) is 78.5 Å². The predicted octanol–water partition coefficient (Wildman–Crippen LogP) is 8.02. The number of para-hydroxylation sites is 1. The topological polar surface area (TPSA) is 34.2 Å². The number of nitrogens with one attached hydrogen (secondary N) is 1. The summed E-state index contributed by atoms with van der Waals surface area (Å²) in [6, 6.07) is 17.1. The Labute approximate surface area is 208 Å². The molecule has 5 rings (SSSR count). The van der Waals surface area contributed by atoms with Crippen molar-refractivity contribution in [1.29, 1.82) is 0 Å². The third-order valence-electron chi connectivity index (χ3n) is 7.33. The standard InChI is InChI=1S/C30H35ClN2O/c1-3-4-7-21(2)22-10-13-28(31)23(18-22)19-33-30(15-16-30)27-20-32-17-14-25(27)26-8-5-6-9-29(26)34-24-11-12-24/h5-6,8-10,13-14,17-18,20-21,24,33H,3-4,7,11-12,15-16,19H2,1-2H3. The van der Waals surface area contributed by atoms with Gasteiger partial charge in [0.15, 0.2) is 0 Å². The van der Waals surface area contributed by atoms with Crippen LogP contribution in [0.15, 0.2) is 60.9 Å². The summed E-state index contributed by atoms with van der Waals surface area (Å²) in [6.07, 6.45) is 12.5. The van der Waals surface area contributed by atoms with Crippen LogP contribution in [0.3, 0.4) is 0 Å². The van der Waals surface area contributed by atoms with Gasteiger partial charge in [0.2, 0.25) is 0 Å². The second-order valence-corrected chi connectivity index (χ2v) is 10.5. The van der Waals surface area contributed by atoms with E-state index in [-0.39, 0.29) is 5.54 Å². The number of unbranched alkanes of at least 4 members (excludes halogenated alkanes) is 1. The molecule has 2 aromatic carbocycles. The average molecular weight is 475 g/mol. The predicted molar refractivity (Wildman–Crippen MR) is 140 cm³/mol. The number of aromatic nitrogens is 1. The number of pyridine rings is 1. The first-order valence-electron chi connectivity index (χ1n) is 12.8. The summed E-state index contributed by atoms with van der Waals surface area (Å²) < 4.78 is 6.25. The minimum absolute atomic E-state index is 0.0660. The first-order chi connectivity index (χ1) is 16.6. The largest absolute Gasteiger partial charge is 0.490 e. The maximum absolute atomic E-state index is 6.63. The van der Waals surface area contributed by atoms with E-state index in [1.165, 1.54) is 41.5 Å². The molecule has 3 nitrogen and oxygen atoms in total. The molecule has 4 heteroatoms. The molecule has 0 bridgehead atoms. The highest BCUT2D eigenvalue weighted by Gasteiger charge is 2.45. The summed E-state index contributed by atoms with van der Waals surface area (Å²) in [6.45, 7) is 5.32. The molecule has 0 saturated heterocycles. The molecule has 2 saturated carbocycles. The summed E-state index contributed by atoms with van der Waals surface area (Å²) in [5, 5.41) is 4.71. The van der Waals surface area contributed by atoms with Crippen molar-refractivity contribution in [2.24, 2.45) is 0 Å². The van der Waals surface area contributed by atoms with E-state index in [0.717, 1.165) is 48.6 Å². The zero-order valence-corrected chi connectivity index (χ0v) is 21.1. The Morgan fingerprint density at radius 1 is 1.12 bits per heavy atom. The first kappa shape index (κ1) is 23.4. The van der Waals surface area contributed by atoms with E-state index in [0.29, 0.717) is 12.0 Å². The van der Waals surface area contributed by atoms with E-state index < -0.39 is 0 Å². The normalized spacial score (nSPS) is 17.4. The van der Waals surface area contributed by atoms with Gasteiger partial charge >= 0.3 is 0 Å². The van der Waals surface area contributed by atoms with E-state index in [1.54, 1.807) is 0 Å². The van der Waals surface area contributed by atoms with Crippen LogP contribution in [0.2, 0.25) is 5.02 Å². The minimum Gasteiger partial charge on any atom is -0.490 e. The number of hydrogen-bond donors (Lipinski definition) is 1. The van der Waals surface area contributed by atoms with Crippen LogP contribution in [-0.4, -0.2) is 11.1 Å². The van der Waals surface area contributed by atoms with Gasteiger partial charge in [0.1, 0.15) is 5.75 Å². The molecule has 2 aliphatic carbocycles. The third-order valence-corrected chi connectivity index (χ3v) is 7.70. The van der Waals surface area contributed by atoms with Gasteiger partial charge in [0.25, 0.3) is 0 Å². The van der Waals surface area contributed by atoms with E-state index in [1.807, 2.05) is 12.4 Å². The fraction of sp³-hybridized carbons (Fsp3) is 0.433. The molecule has 178 valence electrons. The van der Waals surface area contributed by atoms with Gasteiger partial charge in [0.05, 0.1) is 6.10 Å². The molecule has 3 aromatic rings. The van der Waals surface area contributed by atoms with Gasteiger partial charge < -0.3 is 10.1 Å². The monoisotopic (exact) mass is 474 g/mol. The Morgan fingerprint density at radius 3 is 2.71 bits per heavy atom. The SMILES string of the molecule is CCCCC(C)c1ccc(Cl)c(CNC2(c3cnccc3-c3ccccc3OC3CC3)CC2)c1. The van der Waals surface area contributed by atoms with Crippen LogP contribution < -0.4 is 10.1 Å². The molecule has 0 spiro atoms. The third kappa shape index (κ3) is 5.16. The van der Waals surface area contributed by atoms with E-state index in [2.05, 4.69) is 72.7 Å². The summed E-state index contributed by atoms with van der Waals surface area (Å²) in [5.41, 5.74) is 6.12. The summed E-state index contributed by atoms with van der Waals surface area (Å²) >= 11 is 6.63. The van der Waals surface area contributed by atoms with Crippen LogP contribution in [0.1, 0.15) is 81.4 Å². The Balaban J connectivity index is 1.38. The second-order valence-electron chi connectivity index (χ2n) is 10.1. The van der Waals surface area contributed by atoms with Crippen molar-refractivity contribution < 1.29 is 4.74 Å². The van der Waals surface area contributed by atoms with Crippen molar-refractivity contribution in [3.63, 3.8) is 0 Å². The van der Waals surface area contributed by atoms with Crippen LogP contribution in [0.4, 0.5) is 0 Å². The number of ether oxygens (including phenoxy) is 1. The second kappa shape index (κ2) is 10.1. The Kier molecular flexibility index (Phi) is 6.94. The molecule has 1 N–H and O–H groups in total. The Hall–Kier alpha value is -2.36. The van der Waals surface area contributed by atoms with Crippen molar-refractivity contribution >= 4 is 11.6 Å². The van der Waals surface area contributed by atoms with Crippen molar-refractivity contribution in [3.8, 4) is 16.9 Å². The van der Waals surface area contributed by atoms with E-state index in [4.69, 9.17) is 16.3 Å². The summed E-state index contributed by atoms with van der Waals surface area (Å²) in [7, 11) is 0. The lowest BCUT2D eigenvalue weighted by atomic mass is 9.93. The number of rotatable bonds is 11. The quantitative estimate of drug-likeness (QED) is 0.305. The van der Waals surface area contributed by atoms with Crippen LogP contribution >= 0.6 is 11.6 Å². The van der Waals surface area contributed by atoms with E-state index in [9.17, 15) is 0 Å². The number of hydrogen-bond acceptors (Lipinski definition) is 3. The zero-order chi connectivity index (χ0) is 23.5. The average Bonchev–Trinajstić information content (AvgIpc) is 3.79. The lowest BCUT2D eigenvalue weighted by Gasteiger charge is -2.23. The number of halogens is 1. The van der Waals surface area contributed by atoms with Gasteiger partial charge in [-0.2, -0.15) is 0 Å². The van der Waals surface area contributed by atoms with Crippen LogP contribution in [0.5, 0.6) is 5.75 Å². The highest BCUT2D eigenvalue weighted by molar-refractivity contribution is 6.31. The molecule has 1 aromatic heterocycles. The molecular weight excluding hydrogens is 440 g/mol. The zero-order valence-electron chi connectivity index (χ0n) is 20.3. The maximum atomic E-state index is 6.63. The molecule has 34 heavy (non-hydrogen) atoms. The van der Waals surface area contributed by atoms with Crippen LogP contribution in [0, 0.1) is 0 Å². The van der Waals surface area contributed by atoms with Gasteiger partial charge in [-0.25, -0.2) is 0 Å². The minimum atomic E-state index is -0.0660. The molecule has 0 amide bonds. The van der Waals surface area contributed by atoms with Crippen LogP contribution in [-0.2, 0) is 12.1 Å². The first-order valence-corrected chi connectivity index (χ1v) is 13.2. The fourth-order valence-corrected chi connectivity index (χ4v) is 5.00. The van der Waals surface area contributed by atoms with Gasteiger partial charge in [-0.15, -0.1) is 0 Å². The lowest BCUT2D eigenvalue weighted by Crippen LogP contribution is -2.29. The highest BCUT2D eigenvalue weighted by Crippen LogP contribution is 2.50. The van der Waals surface area contributed by atoms with Crippen molar-refractivity contribution in [2.45, 2.75) is 82.9 Å². The highest BCUT2D eigenvalue weighted by atomic mass is 35.5. The van der Waals surface area contributed by atoms with Crippen LogP contribution in [0.25, 0.3) is 11.1 Å². The van der Waals surface area contributed by atoms with Crippen molar-refractivity contribution in [3.05, 3.63) is 82.6 Å². The molecule has 1 unspecified atom stereocenters. The van der Waals surface area contributed by atoms with Gasteiger partial charge in [-0.3, -0.25) is 4.98 Å². The lowest BCUT2D eigenvalue weighted by molar-refractivity contribution is 0.304. The molecule has 0 radical (unpaired) electrons. The summed E-state index contributed by atoms with van der Waals surface area (Å²) in [4.78, 5) is 4.51. The molecule has 1 heterocycles. The molecular formula is C30H35ClN2O.